The van der Waals surface area contributed by atoms with Crippen LogP contribution in [0.1, 0.15) is 5.56 Å². The number of thiocarbonyl (C=S) groups is 1. The Bertz CT molecular complexity index is 651. The zero-order valence-electron chi connectivity index (χ0n) is 9.49. The number of ether oxygens (including phenoxy) is 1. The highest BCUT2D eigenvalue weighted by Gasteiger charge is 2.07. The van der Waals surface area contributed by atoms with Crippen molar-refractivity contribution >= 4 is 44.7 Å². The molecule has 2 N–H and O–H groups in total. The zero-order valence-corrected chi connectivity index (χ0v) is 12.7. The van der Waals surface area contributed by atoms with Crippen LogP contribution in [0.15, 0.2) is 40.9 Å². The summed E-state index contributed by atoms with van der Waals surface area (Å²) in [6, 6.07) is 9.36. The van der Waals surface area contributed by atoms with Gasteiger partial charge in [0.05, 0.1) is 9.50 Å². The van der Waals surface area contributed by atoms with E-state index in [0.29, 0.717) is 21.0 Å². The minimum atomic E-state index is -0.489. The molecule has 2 nitrogen and oxygen atoms in total. The van der Waals surface area contributed by atoms with E-state index in [1.807, 2.05) is 0 Å². The number of hydrogen-bond acceptors (Lipinski definition) is 2. The molecule has 0 saturated carbocycles. The van der Waals surface area contributed by atoms with Crippen LogP contribution in [-0.4, -0.2) is 4.99 Å². The maximum Gasteiger partial charge on any atom is 0.142 e. The lowest BCUT2D eigenvalue weighted by Gasteiger charge is -2.09. The van der Waals surface area contributed by atoms with Crippen molar-refractivity contribution in [3.8, 4) is 11.5 Å². The third-order valence-corrected chi connectivity index (χ3v) is 3.48. The minimum Gasteiger partial charge on any atom is -0.456 e. The van der Waals surface area contributed by atoms with E-state index >= 15 is 0 Å². The normalized spacial score (nSPS) is 10.3. The summed E-state index contributed by atoms with van der Waals surface area (Å²) in [5, 5.41) is 0.00776. The SMILES string of the molecule is NC(=S)c1ccc(Oc2ccc(F)c(Cl)c2)c(Br)c1. The third-order valence-electron chi connectivity index (χ3n) is 2.34. The van der Waals surface area contributed by atoms with E-state index < -0.39 is 5.82 Å². The smallest absolute Gasteiger partial charge is 0.142 e. The van der Waals surface area contributed by atoms with Gasteiger partial charge in [-0.3, -0.25) is 0 Å². The van der Waals surface area contributed by atoms with E-state index in [0.717, 1.165) is 5.56 Å². The molecule has 0 aliphatic rings. The largest absolute Gasteiger partial charge is 0.456 e. The van der Waals surface area contributed by atoms with Gasteiger partial charge in [0.25, 0.3) is 0 Å². The molecule has 0 saturated heterocycles. The van der Waals surface area contributed by atoms with Crippen LogP contribution in [0.3, 0.4) is 0 Å². The molecule has 2 aromatic carbocycles. The van der Waals surface area contributed by atoms with Crippen molar-refractivity contribution in [1.29, 1.82) is 0 Å². The van der Waals surface area contributed by atoms with Crippen LogP contribution >= 0.6 is 39.7 Å². The fourth-order valence-electron chi connectivity index (χ4n) is 1.40. The first-order chi connectivity index (χ1) is 8.97. The number of rotatable bonds is 3. The standard InChI is InChI=1S/C13H8BrClFNOS/c14-9-5-7(13(17)19)1-4-12(9)18-8-2-3-11(16)10(15)6-8/h1-6H,(H2,17,19). The lowest BCUT2D eigenvalue weighted by atomic mass is 10.2. The first-order valence-electron chi connectivity index (χ1n) is 5.19. The predicted octanol–water partition coefficient (Wildman–Crippen LogP) is 4.67. The Morgan fingerprint density at radius 1 is 1.26 bits per heavy atom. The Balaban J connectivity index is 2.28. The summed E-state index contributed by atoms with van der Waals surface area (Å²) < 4.78 is 19.3. The van der Waals surface area contributed by atoms with Crippen molar-refractivity contribution in [2.45, 2.75) is 0 Å². The molecular weight excluding hydrogens is 353 g/mol. The third kappa shape index (κ3) is 3.43. The van der Waals surface area contributed by atoms with E-state index in [-0.39, 0.29) is 5.02 Å². The van der Waals surface area contributed by atoms with E-state index in [1.54, 1.807) is 18.2 Å². The maximum absolute atomic E-state index is 13.0. The Morgan fingerprint density at radius 3 is 2.58 bits per heavy atom. The number of halogens is 3. The molecule has 2 aromatic rings. The quantitative estimate of drug-likeness (QED) is 0.808. The molecule has 2 rings (SSSR count). The Kier molecular flexibility index (Phi) is 4.39. The van der Waals surface area contributed by atoms with Crippen LogP contribution in [0.5, 0.6) is 11.5 Å². The summed E-state index contributed by atoms with van der Waals surface area (Å²) in [6.07, 6.45) is 0. The number of hydrogen-bond donors (Lipinski definition) is 1. The zero-order chi connectivity index (χ0) is 14.0. The average molecular weight is 361 g/mol. The van der Waals surface area contributed by atoms with Gasteiger partial charge in [-0.25, -0.2) is 4.39 Å². The van der Waals surface area contributed by atoms with Crippen molar-refractivity contribution in [3.63, 3.8) is 0 Å². The molecule has 0 spiro atoms. The van der Waals surface area contributed by atoms with Crippen molar-refractivity contribution in [3.05, 3.63) is 57.3 Å². The van der Waals surface area contributed by atoms with Crippen LogP contribution in [0.2, 0.25) is 5.02 Å². The van der Waals surface area contributed by atoms with Gasteiger partial charge in [-0.05, 0) is 46.3 Å². The Morgan fingerprint density at radius 2 is 2.00 bits per heavy atom. The van der Waals surface area contributed by atoms with Gasteiger partial charge >= 0.3 is 0 Å². The fraction of sp³-hybridized carbons (Fsp3) is 0. The average Bonchev–Trinajstić information content (AvgIpc) is 2.36. The van der Waals surface area contributed by atoms with E-state index in [2.05, 4.69) is 15.9 Å². The number of nitrogens with two attached hydrogens (primary N) is 1. The van der Waals surface area contributed by atoms with Gasteiger partial charge < -0.3 is 10.5 Å². The number of benzene rings is 2. The van der Waals surface area contributed by atoms with Crippen molar-refractivity contribution in [2.75, 3.05) is 0 Å². The maximum atomic E-state index is 13.0. The lowest BCUT2D eigenvalue weighted by molar-refractivity contribution is 0.477. The molecule has 0 fully saturated rings. The highest BCUT2D eigenvalue weighted by Crippen LogP contribution is 2.32. The summed E-state index contributed by atoms with van der Waals surface area (Å²) in [5.74, 6) is 0.509. The van der Waals surface area contributed by atoms with Gasteiger partial charge in [0.15, 0.2) is 0 Å². The molecule has 0 aliphatic carbocycles. The molecule has 0 bridgehead atoms. The molecule has 0 aromatic heterocycles. The fourth-order valence-corrected chi connectivity index (χ4v) is 2.16. The molecule has 0 radical (unpaired) electrons. The van der Waals surface area contributed by atoms with Crippen molar-refractivity contribution < 1.29 is 9.13 Å². The van der Waals surface area contributed by atoms with Crippen LogP contribution in [0.25, 0.3) is 0 Å². The van der Waals surface area contributed by atoms with Gasteiger partial charge in [0.2, 0.25) is 0 Å². The van der Waals surface area contributed by atoms with E-state index in [1.165, 1.54) is 18.2 Å². The second kappa shape index (κ2) is 5.86. The van der Waals surface area contributed by atoms with E-state index in [4.69, 9.17) is 34.3 Å². The second-order valence-corrected chi connectivity index (χ2v) is 5.39. The summed E-state index contributed by atoms with van der Waals surface area (Å²) >= 11 is 13.9. The van der Waals surface area contributed by atoms with Gasteiger partial charge in [0, 0.05) is 11.6 Å². The van der Waals surface area contributed by atoms with Crippen LogP contribution in [0, 0.1) is 5.82 Å². The minimum absolute atomic E-state index is 0.00776. The highest BCUT2D eigenvalue weighted by atomic mass is 79.9. The molecule has 19 heavy (non-hydrogen) atoms. The van der Waals surface area contributed by atoms with Gasteiger partial charge in [0.1, 0.15) is 22.3 Å². The second-order valence-electron chi connectivity index (χ2n) is 3.69. The van der Waals surface area contributed by atoms with Crippen LogP contribution < -0.4 is 10.5 Å². The molecule has 98 valence electrons. The summed E-state index contributed by atoms with van der Waals surface area (Å²) in [4.78, 5) is 0.303. The topological polar surface area (TPSA) is 35.2 Å². The molecule has 0 aliphatic heterocycles. The predicted molar refractivity (Wildman–Crippen MR) is 81.5 cm³/mol. The van der Waals surface area contributed by atoms with Crippen LogP contribution in [-0.2, 0) is 0 Å². The molecule has 0 heterocycles. The van der Waals surface area contributed by atoms with Gasteiger partial charge in [-0.15, -0.1) is 0 Å². The highest BCUT2D eigenvalue weighted by molar-refractivity contribution is 9.10. The van der Waals surface area contributed by atoms with Gasteiger partial charge in [-0.2, -0.15) is 0 Å². The molecule has 6 heteroatoms. The van der Waals surface area contributed by atoms with Crippen molar-refractivity contribution in [1.82, 2.24) is 0 Å². The first kappa shape index (κ1) is 14.2. The molecular formula is C13H8BrClFNOS. The lowest BCUT2D eigenvalue weighted by Crippen LogP contribution is -2.08. The monoisotopic (exact) mass is 359 g/mol. The Labute approximate surface area is 128 Å². The van der Waals surface area contributed by atoms with E-state index in [9.17, 15) is 4.39 Å². The summed E-state index contributed by atoms with van der Waals surface area (Å²) in [6.45, 7) is 0. The first-order valence-corrected chi connectivity index (χ1v) is 6.77. The molecule has 0 amide bonds. The summed E-state index contributed by atoms with van der Waals surface area (Å²) in [5.41, 5.74) is 6.26. The molecule has 0 unspecified atom stereocenters. The van der Waals surface area contributed by atoms with Crippen molar-refractivity contribution in [2.24, 2.45) is 5.73 Å². The van der Waals surface area contributed by atoms with Crippen LogP contribution in [0.4, 0.5) is 4.39 Å². The Hall–Kier alpha value is -1.17. The summed E-state index contributed by atoms with van der Waals surface area (Å²) in [7, 11) is 0. The molecule has 0 atom stereocenters. The van der Waals surface area contributed by atoms with Gasteiger partial charge in [-0.1, -0.05) is 23.8 Å².